The molecule has 3 heterocycles. The molecule has 2 atom stereocenters. The molecule has 0 spiro atoms. The molecular weight excluding hydrogens is 360 g/mol. The summed E-state index contributed by atoms with van der Waals surface area (Å²) < 4.78 is 0. The lowest BCUT2D eigenvalue weighted by Crippen LogP contribution is -2.47. The fraction of sp³-hybridized carbons (Fsp3) is 0.300. The van der Waals surface area contributed by atoms with E-state index < -0.39 is 6.04 Å². The molecular formula is C20H22N4O2S. The van der Waals surface area contributed by atoms with Crippen LogP contribution in [-0.4, -0.2) is 47.5 Å². The minimum Gasteiger partial charge on any atom is -0.361 e. The Kier molecular flexibility index (Phi) is 4.96. The van der Waals surface area contributed by atoms with E-state index in [4.69, 9.17) is 0 Å². The predicted octanol–water partition coefficient (Wildman–Crippen LogP) is 2.89. The zero-order valence-electron chi connectivity index (χ0n) is 15.1. The van der Waals surface area contributed by atoms with Gasteiger partial charge in [-0.2, -0.15) is 0 Å². The summed E-state index contributed by atoms with van der Waals surface area (Å²) in [6.45, 7) is 3.38. The molecule has 1 aliphatic rings. The maximum absolute atomic E-state index is 12.6. The minimum absolute atomic E-state index is 0.129. The standard InChI is InChI=1S/C20H22N4O2S/c1-13(19(25)24-9-8-21-20(24)26)22-12-16(18-7-4-10-27-18)15-11-23-17-6-3-2-5-14(15)17/h2-7,10-11,13,16,22-23H,8-9,12H2,1H3,(H,21,26)/t13-,16-/m0/s1. The number of aromatic nitrogens is 1. The minimum atomic E-state index is -0.429. The van der Waals surface area contributed by atoms with Crippen molar-refractivity contribution in [3.63, 3.8) is 0 Å². The Morgan fingerprint density at radius 2 is 2.15 bits per heavy atom. The average molecular weight is 382 g/mol. The number of hydrogen-bond acceptors (Lipinski definition) is 4. The number of para-hydroxylation sites is 1. The van der Waals surface area contributed by atoms with Crippen LogP contribution < -0.4 is 10.6 Å². The molecule has 3 aromatic rings. The van der Waals surface area contributed by atoms with Crippen LogP contribution in [0.2, 0.25) is 0 Å². The van der Waals surface area contributed by atoms with Gasteiger partial charge < -0.3 is 15.6 Å². The van der Waals surface area contributed by atoms with Gasteiger partial charge in [0.15, 0.2) is 0 Å². The Morgan fingerprint density at radius 1 is 1.30 bits per heavy atom. The number of fused-ring (bicyclic) bond motifs is 1. The van der Waals surface area contributed by atoms with E-state index in [1.807, 2.05) is 25.1 Å². The van der Waals surface area contributed by atoms with Crippen molar-refractivity contribution in [3.8, 4) is 0 Å². The number of carbonyl (C=O) groups excluding carboxylic acids is 2. The Labute approximate surface area is 161 Å². The summed E-state index contributed by atoms with van der Waals surface area (Å²) in [5, 5.41) is 9.27. The van der Waals surface area contributed by atoms with E-state index in [9.17, 15) is 9.59 Å². The third kappa shape index (κ3) is 3.48. The van der Waals surface area contributed by atoms with Crippen molar-refractivity contribution < 1.29 is 9.59 Å². The Bertz CT molecular complexity index is 950. The first-order valence-electron chi connectivity index (χ1n) is 9.07. The lowest BCUT2D eigenvalue weighted by molar-refractivity contribution is -0.129. The molecule has 7 heteroatoms. The number of amides is 3. The third-order valence-electron chi connectivity index (χ3n) is 5.00. The summed E-state index contributed by atoms with van der Waals surface area (Å²) in [4.78, 5) is 30.2. The number of thiophene rings is 1. The summed E-state index contributed by atoms with van der Waals surface area (Å²) >= 11 is 1.71. The van der Waals surface area contributed by atoms with Gasteiger partial charge in [0, 0.05) is 47.5 Å². The van der Waals surface area contributed by atoms with E-state index in [1.54, 1.807) is 11.3 Å². The maximum atomic E-state index is 12.6. The molecule has 1 fully saturated rings. The van der Waals surface area contributed by atoms with Gasteiger partial charge in [-0.3, -0.25) is 9.69 Å². The maximum Gasteiger partial charge on any atom is 0.324 e. The molecule has 0 saturated carbocycles. The topological polar surface area (TPSA) is 77.2 Å². The van der Waals surface area contributed by atoms with Crippen molar-refractivity contribution in [1.82, 2.24) is 20.5 Å². The normalized spacial score (nSPS) is 16.5. The first-order valence-corrected chi connectivity index (χ1v) is 9.95. The fourth-order valence-corrected chi connectivity index (χ4v) is 4.38. The van der Waals surface area contributed by atoms with E-state index in [2.05, 4.69) is 45.4 Å². The number of nitrogens with one attached hydrogen (secondary N) is 3. The number of H-pyrrole nitrogens is 1. The smallest absolute Gasteiger partial charge is 0.324 e. The number of rotatable bonds is 6. The van der Waals surface area contributed by atoms with Gasteiger partial charge in [0.25, 0.3) is 0 Å². The first kappa shape index (κ1) is 17.8. The van der Waals surface area contributed by atoms with Gasteiger partial charge in [-0.05, 0) is 30.0 Å². The number of nitrogens with zero attached hydrogens (tertiary/aromatic N) is 1. The van der Waals surface area contributed by atoms with Crippen molar-refractivity contribution in [3.05, 3.63) is 58.4 Å². The zero-order chi connectivity index (χ0) is 18.8. The Morgan fingerprint density at radius 3 is 2.89 bits per heavy atom. The summed E-state index contributed by atoms with van der Waals surface area (Å²) in [5.74, 6) is -0.0577. The number of urea groups is 1. The van der Waals surface area contributed by atoms with Crippen LogP contribution in [0.1, 0.15) is 23.3 Å². The van der Waals surface area contributed by atoms with Crippen LogP contribution in [0.3, 0.4) is 0 Å². The van der Waals surface area contributed by atoms with Gasteiger partial charge in [-0.1, -0.05) is 24.3 Å². The van der Waals surface area contributed by atoms with E-state index in [-0.39, 0.29) is 17.9 Å². The number of hydrogen-bond donors (Lipinski definition) is 3. The second kappa shape index (κ2) is 7.54. The quantitative estimate of drug-likeness (QED) is 0.613. The van der Waals surface area contributed by atoms with E-state index in [0.717, 1.165) is 5.52 Å². The number of aromatic amines is 1. The number of imide groups is 1. The van der Waals surface area contributed by atoms with Crippen molar-refractivity contribution >= 4 is 34.2 Å². The molecule has 1 aliphatic heterocycles. The molecule has 0 aliphatic carbocycles. The second-order valence-electron chi connectivity index (χ2n) is 6.71. The number of benzene rings is 1. The van der Waals surface area contributed by atoms with Crippen molar-refractivity contribution in [1.29, 1.82) is 0 Å². The van der Waals surface area contributed by atoms with Gasteiger partial charge in [0.1, 0.15) is 0 Å². The van der Waals surface area contributed by atoms with Crippen LogP contribution in [0.25, 0.3) is 10.9 Å². The van der Waals surface area contributed by atoms with Gasteiger partial charge in [-0.25, -0.2) is 4.79 Å². The molecule has 2 aromatic heterocycles. The molecule has 1 aromatic carbocycles. The van der Waals surface area contributed by atoms with E-state index in [0.29, 0.717) is 19.6 Å². The highest BCUT2D eigenvalue weighted by Crippen LogP contribution is 2.32. The van der Waals surface area contributed by atoms with Gasteiger partial charge in [0.05, 0.1) is 6.04 Å². The van der Waals surface area contributed by atoms with Gasteiger partial charge in [-0.15, -0.1) is 11.3 Å². The highest BCUT2D eigenvalue weighted by molar-refractivity contribution is 7.10. The highest BCUT2D eigenvalue weighted by atomic mass is 32.1. The Balaban J connectivity index is 1.54. The van der Waals surface area contributed by atoms with E-state index >= 15 is 0 Å². The molecule has 3 amide bonds. The van der Waals surface area contributed by atoms with Crippen LogP contribution in [0.5, 0.6) is 0 Å². The predicted molar refractivity (Wildman–Crippen MR) is 107 cm³/mol. The van der Waals surface area contributed by atoms with E-state index in [1.165, 1.54) is 20.7 Å². The largest absolute Gasteiger partial charge is 0.361 e. The molecule has 0 unspecified atom stereocenters. The van der Waals surface area contributed by atoms with Crippen LogP contribution in [0.4, 0.5) is 4.79 Å². The van der Waals surface area contributed by atoms with Crippen LogP contribution >= 0.6 is 11.3 Å². The summed E-state index contributed by atoms with van der Waals surface area (Å²) in [6.07, 6.45) is 2.05. The van der Waals surface area contributed by atoms with Crippen LogP contribution in [0, 0.1) is 0 Å². The molecule has 4 rings (SSSR count). The lowest BCUT2D eigenvalue weighted by Gasteiger charge is -2.22. The van der Waals surface area contributed by atoms with Gasteiger partial charge >= 0.3 is 6.03 Å². The Hall–Kier alpha value is -2.64. The monoisotopic (exact) mass is 382 g/mol. The third-order valence-corrected chi connectivity index (χ3v) is 5.99. The highest BCUT2D eigenvalue weighted by Gasteiger charge is 2.30. The number of carbonyl (C=O) groups is 2. The SMILES string of the molecule is C[C@H](NC[C@H](c1cccs1)c1c[nH]c2ccccc12)C(=O)N1CCNC1=O. The summed E-state index contributed by atoms with van der Waals surface area (Å²) in [5.41, 5.74) is 2.31. The molecule has 1 saturated heterocycles. The van der Waals surface area contributed by atoms with Crippen molar-refractivity contribution in [2.75, 3.05) is 19.6 Å². The fourth-order valence-electron chi connectivity index (χ4n) is 3.53. The average Bonchev–Trinajstić information content (AvgIpc) is 3.42. The molecule has 27 heavy (non-hydrogen) atoms. The van der Waals surface area contributed by atoms with Crippen LogP contribution in [0.15, 0.2) is 48.0 Å². The molecule has 0 bridgehead atoms. The molecule has 3 N–H and O–H groups in total. The lowest BCUT2D eigenvalue weighted by atomic mass is 9.96. The van der Waals surface area contributed by atoms with Crippen molar-refractivity contribution in [2.24, 2.45) is 0 Å². The van der Waals surface area contributed by atoms with Crippen molar-refractivity contribution in [2.45, 2.75) is 18.9 Å². The summed E-state index contributed by atoms with van der Waals surface area (Å²) in [7, 11) is 0. The summed E-state index contributed by atoms with van der Waals surface area (Å²) in [6, 6.07) is 11.7. The molecule has 140 valence electrons. The molecule has 0 radical (unpaired) electrons. The first-order chi connectivity index (χ1) is 13.1. The van der Waals surface area contributed by atoms with Gasteiger partial charge in [0.2, 0.25) is 5.91 Å². The second-order valence-corrected chi connectivity index (χ2v) is 7.69. The van der Waals surface area contributed by atoms with Crippen LogP contribution in [-0.2, 0) is 4.79 Å². The zero-order valence-corrected chi connectivity index (χ0v) is 15.9. The molecule has 6 nitrogen and oxygen atoms in total.